The molecule has 2 atom stereocenters. The zero-order chi connectivity index (χ0) is 10.9. The van der Waals surface area contributed by atoms with Crippen molar-refractivity contribution in [3.63, 3.8) is 0 Å². The smallest absolute Gasteiger partial charge is 0.0818 e. The molecule has 2 nitrogen and oxygen atoms in total. The van der Waals surface area contributed by atoms with Crippen LogP contribution >= 0.6 is 11.8 Å². The molecule has 0 spiro atoms. The second-order valence-electron chi connectivity index (χ2n) is 4.19. The van der Waals surface area contributed by atoms with Crippen molar-refractivity contribution in [1.82, 2.24) is 5.32 Å². The lowest BCUT2D eigenvalue weighted by atomic mass is 10.0. The van der Waals surface area contributed by atoms with E-state index in [2.05, 4.69) is 19.2 Å². The highest BCUT2D eigenvalue weighted by Gasteiger charge is 2.23. The van der Waals surface area contributed by atoms with Gasteiger partial charge >= 0.3 is 0 Å². The Labute approximate surface area is 98.5 Å². The van der Waals surface area contributed by atoms with Crippen LogP contribution in [0.4, 0.5) is 0 Å². The molecule has 1 saturated heterocycles. The number of rotatable bonds is 7. The Balaban J connectivity index is 2.30. The molecule has 3 heteroatoms. The predicted octanol–water partition coefficient (Wildman–Crippen LogP) is 2.68. The molecule has 0 saturated carbocycles. The predicted molar refractivity (Wildman–Crippen MR) is 68.7 cm³/mol. The maximum Gasteiger partial charge on any atom is 0.0818 e. The van der Waals surface area contributed by atoms with Gasteiger partial charge in [0.2, 0.25) is 0 Å². The van der Waals surface area contributed by atoms with E-state index in [-0.39, 0.29) is 0 Å². The van der Waals surface area contributed by atoms with Gasteiger partial charge in [-0.3, -0.25) is 0 Å². The van der Waals surface area contributed by atoms with Crippen LogP contribution in [-0.2, 0) is 4.74 Å². The van der Waals surface area contributed by atoms with Crippen LogP contribution in [0.1, 0.15) is 39.5 Å². The normalized spacial score (nSPS) is 24.0. The zero-order valence-corrected chi connectivity index (χ0v) is 10.9. The van der Waals surface area contributed by atoms with Gasteiger partial charge in [-0.1, -0.05) is 26.7 Å². The van der Waals surface area contributed by atoms with Gasteiger partial charge in [-0.15, -0.1) is 0 Å². The number of unbranched alkanes of at least 4 members (excludes halogenated alkanes) is 1. The molecule has 0 aromatic heterocycles. The molecule has 90 valence electrons. The fraction of sp³-hybridized carbons (Fsp3) is 1.00. The highest BCUT2D eigenvalue weighted by Crippen LogP contribution is 2.18. The summed E-state index contributed by atoms with van der Waals surface area (Å²) in [5, 5.41) is 3.64. The molecule has 1 aliphatic rings. The van der Waals surface area contributed by atoms with Crippen molar-refractivity contribution >= 4 is 11.8 Å². The number of ether oxygens (including phenoxy) is 1. The number of hydrogen-bond acceptors (Lipinski definition) is 3. The lowest BCUT2D eigenvalue weighted by Crippen LogP contribution is -2.45. The molecule has 0 aliphatic carbocycles. The van der Waals surface area contributed by atoms with E-state index in [1.54, 1.807) is 0 Å². The van der Waals surface area contributed by atoms with Crippen molar-refractivity contribution < 1.29 is 4.74 Å². The van der Waals surface area contributed by atoms with Crippen LogP contribution in [0.3, 0.4) is 0 Å². The van der Waals surface area contributed by atoms with Crippen LogP contribution in [0.15, 0.2) is 0 Å². The first-order chi connectivity index (χ1) is 7.38. The summed E-state index contributed by atoms with van der Waals surface area (Å²) >= 11 is 2.03. The van der Waals surface area contributed by atoms with Crippen molar-refractivity contribution in [2.75, 3.05) is 24.7 Å². The van der Waals surface area contributed by atoms with Gasteiger partial charge in [-0.25, -0.2) is 0 Å². The van der Waals surface area contributed by atoms with Crippen LogP contribution in [0.5, 0.6) is 0 Å². The SMILES string of the molecule is CCCCC(NCCC)C1CSCCO1. The van der Waals surface area contributed by atoms with Crippen LogP contribution < -0.4 is 5.32 Å². The summed E-state index contributed by atoms with van der Waals surface area (Å²) < 4.78 is 5.85. The summed E-state index contributed by atoms with van der Waals surface area (Å²) in [5.41, 5.74) is 0. The first-order valence-corrected chi connectivity index (χ1v) is 7.46. The van der Waals surface area contributed by atoms with Crippen molar-refractivity contribution in [2.45, 2.75) is 51.7 Å². The van der Waals surface area contributed by atoms with Gasteiger partial charge in [0.1, 0.15) is 0 Å². The van der Waals surface area contributed by atoms with Crippen LogP contribution in [-0.4, -0.2) is 36.8 Å². The first-order valence-electron chi connectivity index (χ1n) is 6.31. The van der Waals surface area contributed by atoms with Crippen LogP contribution in [0, 0.1) is 0 Å². The molecule has 15 heavy (non-hydrogen) atoms. The Morgan fingerprint density at radius 3 is 2.87 bits per heavy atom. The molecule has 0 amide bonds. The summed E-state index contributed by atoms with van der Waals surface area (Å²) in [6, 6.07) is 0.581. The second-order valence-corrected chi connectivity index (χ2v) is 5.34. The first kappa shape index (κ1) is 13.3. The van der Waals surface area contributed by atoms with Crippen molar-refractivity contribution in [1.29, 1.82) is 0 Å². The van der Waals surface area contributed by atoms with E-state index in [0.717, 1.165) is 13.2 Å². The fourth-order valence-electron chi connectivity index (χ4n) is 1.91. The quantitative estimate of drug-likeness (QED) is 0.728. The Morgan fingerprint density at radius 2 is 2.27 bits per heavy atom. The molecule has 0 radical (unpaired) electrons. The van der Waals surface area contributed by atoms with E-state index in [4.69, 9.17) is 4.74 Å². The van der Waals surface area contributed by atoms with Crippen molar-refractivity contribution in [3.8, 4) is 0 Å². The topological polar surface area (TPSA) is 21.3 Å². The summed E-state index contributed by atoms with van der Waals surface area (Å²) in [6.45, 7) is 6.54. The average molecular weight is 231 g/mol. The Bertz CT molecular complexity index is 141. The zero-order valence-electron chi connectivity index (χ0n) is 10.1. The van der Waals surface area contributed by atoms with E-state index in [1.807, 2.05) is 11.8 Å². The molecule has 1 fully saturated rings. The van der Waals surface area contributed by atoms with Gasteiger partial charge in [0.25, 0.3) is 0 Å². The van der Waals surface area contributed by atoms with Gasteiger partial charge in [-0.2, -0.15) is 11.8 Å². The van der Waals surface area contributed by atoms with E-state index in [1.165, 1.54) is 37.2 Å². The Kier molecular flexibility index (Phi) is 7.49. The van der Waals surface area contributed by atoms with Gasteiger partial charge in [-0.05, 0) is 19.4 Å². The van der Waals surface area contributed by atoms with Crippen molar-refractivity contribution in [2.24, 2.45) is 0 Å². The average Bonchev–Trinajstić information content (AvgIpc) is 2.30. The molecule has 2 unspecified atom stereocenters. The molecule has 0 bridgehead atoms. The molecular formula is C12H25NOS. The van der Waals surface area contributed by atoms with Gasteiger partial charge < -0.3 is 10.1 Å². The second kappa shape index (κ2) is 8.43. The monoisotopic (exact) mass is 231 g/mol. The molecular weight excluding hydrogens is 206 g/mol. The fourth-order valence-corrected chi connectivity index (χ4v) is 2.85. The minimum Gasteiger partial charge on any atom is -0.375 e. The lowest BCUT2D eigenvalue weighted by Gasteiger charge is -2.31. The van der Waals surface area contributed by atoms with Crippen LogP contribution in [0.25, 0.3) is 0 Å². The minimum absolute atomic E-state index is 0.446. The molecule has 1 aliphatic heterocycles. The van der Waals surface area contributed by atoms with E-state index < -0.39 is 0 Å². The molecule has 1 N–H and O–H groups in total. The van der Waals surface area contributed by atoms with Crippen LogP contribution in [0.2, 0.25) is 0 Å². The third-order valence-corrected chi connectivity index (χ3v) is 3.84. The summed E-state index contributed by atoms with van der Waals surface area (Å²) in [6.07, 6.45) is 5.52. The summed E-state index contributed by atoms with van der Waals surface area (Å²) in [4.78, 5) is 0. The molecule has 0 aromatic carbocycles. The molecule has 1 heterocycles. The lowest BCUT2D eigenvalue weighted by molar-refractivity contribution is 0.0442. The Hall–Kier alpha value is 0.270. The minimum atomic E-state index is 0.446. The molecule has 1 rings (SSSR count). The largest absolute Gasteiger partial charge is 0.375 e. The van der Waals surface area contributed by atoms with E-state index >= 15 is 0 Å². The number of thioether (sulfide) groups is 1. The number of hydrogen-bond donors (Lipinski definition) is 1. The maximum atomic E-state index is 5.85. The number of nitrogens with one attached hydrogen (secondary N) is 1. The van der Waals surface area contributed by atoms with Gasteiger partial charge in [0, 0.05) is 17.5 Å². The third-order valence-electron chi connectivity index (χ3n) is 2.82. The van der Waals surface area contributed by atoms with E-state index in [0.29, 0.717) is 12.1 Å². The summed E-state index contributed by atoms with van der Waals surface area (Å²) in [7, 11) is 0. The highest BCUT2D eigenvalue weighted by molar-refractivity contribution is 7.99. The van der Waals surface area contributed by atoms with E-state index in [9.17, 15) is 0 Å². The maximum absolute atomic E-state index is 5.85. The van der Waals surface area contributed by atoms with Crippen molar-refractivity contribution in [3.05, 3.63) is 0 Å². The highest BCUT2D eigenvalue weighted by atomic mass is 32.2. The molecule has 0 aromatic rings. The Morgan fingerprint density at radius 1 is 1.40 bits per heavy atom. The van der Waals surface area contributed by atoms with Gasteiger partial charge in [0.05, 0.1) is 12.7 Å². The summed E-state index contributed by atoms with van der Waals surface area (Å²) in [5.74, 6) is 2.34. The standard InChI is InChI=1S/C12H25NOS/c1-3-5-6-11(13-7-4-2)12-10-15-9-8-14-12/h11-13H,3-10H2,1-2H3. The van der Waals surface area contributed by atoms with Gasteiger partial charge in [0.15, 0.2) is 0 Å². The third kappa shape index (κ3) is 5.23.